The third-order valence-electron chi connectivity index (χ3n) is 4.80. The Morgan fingerprint density at radius 1 is 1.67 bits per heavy atom. The van der Waals surface area contributed by atoms with Crippen LogP contribution in [-0.2, 0) is 0 Å². The van der Waals surface area contributed by atoms with E-state index < -0.39 is 0 Å². The highest BCUT2D eigenvalue weighted by molar-refractivity contribution is 6.18. The SMILES string of the molecule is C=C(C)C1C/C(=N/O)C2=CCCC(CCl)C2(C)C1. The monoisotopic (exact) mass is 267 g/mol. The van der Waals surface area contributed by atoms with Gasteiger partial charge in [-0.25, -0.2) is 0 Å². The first-order valence-corrected chi connectivity index (χ1v) is 7.19. The molecule has 0 aromatic carbocycles. The molecule has 0 aromatic heterocycles. The van der Waals surface area contributed by atoms with Crippen LogP contribution >= 0.6 is 11.6 Å². The molecule has 18 heavy (non-hydrogen) atoms. The summed E-state index contributed by atoms with van der Waals surface area (Å²) in [5, 5.41) is 12.8. The molecule has 2 aliphatic rings. The molecule has 0 aromatic rings. The Morgan fingerprint density at radius 3 is 2.94 bits per heavy atom. The lowest BCUT2D eigenvalue weighted by Gasteiger charge is -2.48. The zero-order chi connectivity index (χ0) is 13.3. The van der Waals surface area contributed by atoms with Gasteiger partial charge >= 0.3 is 0 Å². The van der Waals surface area contributed by atoms with Crippen molar-refractivity contribution < 1.29 is 5.21 Å². The van der Waals surface area contributed by atoms with Gasteiger partial charge in [0.25, 0.3) is 0 Å². The van der Waals surface area contributed by atoms with Crippen molar-refractivity contribution in [2.45, 2.75) is 39.5 Å². The van der Waals surface area contributed by atoms with Crippen molar-refractivity contribution >= 4 is 17.3 Å². The van der Waals surface area contributed by atoms with Crippen LogP contribution in [0.3, 0.4) is 0 Å². The first kappa shape index (κ1) is 13.7. The molecule has 0 aliphatic heterocycles. The van der Waals surface area contributed by atoms with E-state index in [1.807, 2.05) is 0 Å². The van der Waals surface area contributed by atoms with E-state index in [2.05, 4.69) is 31.7 Å². The number of fused-ring (bicyclic) bond motifs is 1. The lowest BCUT2D eigenvalue weighted by Crippen LogP contribution is -2.42. The zero-order valence-electron chi connectivity index (χ0n) is 11.2. The lowest BCUT2D eigenvalue weighted by atomic mass is 9.57. The Morgan fingerprint density at radius 2 is 2.39 bits per heavy atom. The van der Waals surface area contributed by atoms with Crippen molar-refractivity contribution in [3.63, 3.8) is 0 Å². The summed E-state index contributed by atoms with van der Waals surface area (Å²) >= 11 is 6.16. The van der Waals surface area contributed by atoms with E-state index in [4.69, 9.17) is 11.6 Å². The molecule has 1 fully saturated rings. The molecular formula is C15H22ClNO. The molecule has 0 radical (unpaired) electrons. The maximum absolute atomic E-state index is 9.29. The van der Waals surface area contributed by atoms with Crippen LogP contribution < -0.4 is 0 Å². The number of allylic oxidation sites excluding steroid dienone is 3. The second kappa shape index (κ2) is 5.08. The number of rotatable bonds is 2. The molecule has 3 atom stereocenters. The highest BCUT2D eigenvalue weighted by Crippen LogP contribution is 2.52. The summed E-state index contributed by atoms with van der Waals surface area (Å²) < 4.78 is 0. The lowest BCUT2D eigenvalue weighted by molar-refractivity contribution is 0.184. The van der Waals surface area contributed by atoms with Crippen molar-refractivity contribution in [3.8, 4) is 0 Å². The molecule has 3 unspecified atom stereocenters. The molecule has 3 heteroatoms. The van der Waals surface area contributed by atoms with Gasteiger partial charge in [-0.2, -0.15) is 0 Å². The van der Waals surface area contributed by atoms with Crippen LogP contribution in [-0.4, -0.2) is 16.8 Å². The van der Waals surface area contributed by atoms with Crippen LogP contribution in [0.1, 0.15) is 39.5 Å². The summed E-state index contributed by atoms with van der Waals surface area (Å²) in [6.45, 7) is 8.41. The molecule has 0 amide bonds. The van der Waals surface area contributed by atoms with Crippen LogP contribution in [0.2, 0.25) is 0 Å². The van der Waals surface area contributed by atoms with Crippen LogP contribution in [0.15, 0.2) is 29.0 Å². The van der Waals surface area contributed by atoms with E-state index in [1.54, 1.807) is 0 Å². The van der Waals surface area contributed by atoms with Crippen molar-refractivity contribution in [2.75, 3.05) is 5.88 Å². The van der Waals surface area contributed by atoms with Crippen LogP contribution in [0, 0.1) is 17.3 Å². The predicted molar refractivity (Wildman–Crippen MR) is 76.4 cm³/mol. The quantitative estimate of drug-likeness (QED) is 0.342. The van der Waals surface area contributed by atoms with Gasteiger partial charge in [0.05, 0.1) is 5.71 Å². The molecule has 0 bridgehead atoms. The number of halogens is 1. The van der Waals surface area contributed by atoms with Gasteiger partial charge < -0.3 is 5.21 Å². The molecule has 1 saturated carbocycles. The molecule has 1 N–H and O–H groups in total. The third-order valence-corrected chi connectivity index (χ3v) is 5.18. The molecular weight excluding hydrogens is 246 g/mol. The Labute approximate surface area is 114 Å². The van der Waals surface area contributed by atoms with E-state index in [1.165, 1.54) is 11.1 Å². The average Bonchev–Trinajstić information content (AvgIpc) is 2.35. The number of hydrogen-bond acceptors (Lipinski definition) is 2. The van der Waals surface area contributed by atoms with Gasteiger partial charge in [0, 0.05) is 5.88 Å². The number of nitrogens with zero attached hydrogens (tertiary/aromatic N) is 1. The number of oxime groups is 1. The largest absolute Gasteiger partial charge is 0.411 e. The maximum atomic E-state index is 9.29. The van der Waals surface area contributed by atoms with Crippen LogP contribution in [0.4, 0.5) is 0 Å². The second-order valence-corrected chi connectivity index (χ2v) is 6.27. The van der Waals surface area contributed by atoms with E-state index in [0.29, 0.717) is 17.7 Å². The highest BCUT2D eigenvalue weighted by Gasteiger charge is 2.46. The summed E-state index contributed by atoms with van der Waals surface area (Å²) in [5.41, 5.74) is 3.28. The average molecular weight is 268 g/mol. The standard InChI is InChI=1S/C15H22ClNO/c1-10(2)11-7-14(17-18)13-6-4-5-12(9-16)15(13,3)8-11/h6,11-12,18H,1,4-5,7-9H2,2-3H3/b17-14-. The van der Waals surface area contributed by atoms with Gasteiger partial charge in [-0.05, 0) is 55.4 Å². The topological polar surface area (TPSA) is 32.6 Å². The van der Waals surface area contributed by atoms with Crippen molar-refractivity contribution in [3.05, 3.63) is 23.8 Å². The minimum Gasteiger partial charge on any atom is -0.411 e. The number of hydrogen-bond donors (Lipinski definition) is 1. The van der Waals surface area contributed by atoms with E-state index >= 15 is 0 Å². The van der Waals surface area contributed by atoms with Gasteiger partial charge in [-0.15, -0.1) is 11.6 Å². The molecule has 0 saturated heterocycles. The van der Waals surface area contributed by atoms with Crippen LogP contribution in [0.25, 0.3) is 0 Å². The molecule has 100 valence electrons. The molecule has 0 heterocycles. The normalized spacial score (nSPS) is 38.2. The van der Waals surface area contributed by atoms with Crippen molar-refractivity contribution in [2.24, 2.45) is 22.4 Å². The highest BCUT2D eigenvalue weighted by atomic mass is 35.5. The van der Waals surface area contributed by atoms with Gasteiger partial charge in [0.2, 0.25) is 0 Å². The summed E-state index contributed by atoms with van der Waals surface area (Å²) in [4.78, 5) is 0. The minimum atomic E-state index is 0.0451. The van der Waals surface area contributed by atoms with E-state index in [0.717, 1.165) is 31.4 Å². The fourth-order valence-electron chi connectivity index (χ4n) is 3.54. The maximum Gasteiger partial charge on any atom is 0.0836 e. The van der Waals surface area contributed by atoms with Crippen molar-refractivity contribution in [1.82, 2.24) is 0 Å². The Balaban J connectivity index is 2.42. The molecule has 2 rings (SSSR count). The zero-order valence-corrected chi connectivity index (χ0v) is 12.0. The van der Waals surface area contributed by atoms with Crippen LogP contribution in [0.5, 0.6) is 0 Å². The predicted octanol–water partition coefficient (Wildman–Crippen LogP) is 4.38. The van der Waals surface area contributed by atoms with Gasteiger partial charge in [-0.3, -0.25) is 0 Å². The first-order chi connectivity index (χ1) is 8.52. The Hall–Kier alpha value is -0.760. The smallest absolute Gasteiger partial charge is 0.0836 e. The van der Waals surface area contributed by atoms with Gasteiger partial charge in [0.15, 0.2) is 0 Å². The Kier molecular flexibility index (Phi) is 3.86. The number of alkyl halides is 1. The van der Waals surface area contributed by atoms with Gasteiger partial charge in [-0.1, -0.05) is 30.3 Å². The fourth-order valence-corrected chi connectivity index (χ4v) is 4.04. The van der Waals surface area contributed by atoms with Crippen molar-refractivity contribution in [1.29, 1.82) is 0 Å². The molecule has 0 spiro atoms. The summed E-state index contributed by atoms with van der Waals surface area (Å²) in [6.07, 6.45) is 6.30. The fraction of sp³-hybridized carbons (Fsp3) is 0.667. The van der Waals surface area contributed by atoms with E-state index in [9.17, 15) is 5.21 Å². The summed E-state index contributed by atoms with van der Waals surface area (Å²) in [5.74, 6) is 1.55. The molecule has 2 aliphatic carbocycles. The Bertz CT molecular complexity index is 413. The first-order valence-electron chi connectivity index (χ1n) is 6.66. The van der Waals surface area contributed by atoms with E-state index in [-0.39, 0.29) is 5.41 Å². The second-order valence-electron chi connectivity index (χ2n) is 5.96. The summed E-state index contributed by atoms with van der Waals surface area (Å²) in [6, 6.07) is 0. The minimum absolute atomic E-state index is 0.0451. The third kappa shape index (κ3) is 2.11. The summed E-state index contributed by atoms with van der Waals surface area (Å²) in [7, 11) is 0. The molecule has 2 nitrogen and oxygen atoms in total. The van der Waals surface area contributed by atoms with Gasteiger partial charge in [0.1, 0.15) is 0 Å².